The molecular weight excluding hydrogens is 745 g/mol. The van der Waals surface area contributed by atoms with Crippen molar-refractivity contribution in [2.75, 3.05) is 13.2 Å². The predicted octanol–water partition coefficient (Wildman–Crippen LogP) is 17.2. The van der Waals surface area contributed by atoms with E-state index in [2.05, 4.69) is 41.5 Å². The molecule has 0 aliphatic rings. The molecule has 356 valence electrons. The van der Waals surface area contributed by atoms with Crippen molar-refractivity contribution >= 4 is 17.9 Å². The highest BCUT2D eigenvalue weighted by Gasteiger charge is 2.19. The van der Waals surface area contributed by atoms with Crippen molar-refractivity contribution in [2.24, 2.45) is 17.8 Å². The van der Waals surface area contributed by atoms with Crippen LogP contribution < -0.4 is 0 Å². The summed E-state index contributed by atoms with van der Waals surface area (Å²) < 4.78 is 16.8. The fourth-order valence-corrected chi connectivity index (χ4v) is 8.12. The Morgan fingerprint density at radius 3 is 0.717 bits per heavy atom. The number of rotatable bonds is 47. The van der Waals surface area contributed by atoms with Crippen LogP contribution in [0.4, 0.5) is 0 Å². The first-order valence-electron chi connectivity index (χ1n) is 26.6. The Bertz CT molecular complexity index is 929. The van der Waals surface area contributed by atoms with Crippen molar-refractivity contribution in [2.45, 2.75) is 298 Å². The SMILES string of the molecule is CC(C)CCCCCCCCCCCCCCCCCC(=O)OC[C@H](COC(=O)CCCCCCCCCC(C)C)OC(=O)CCCCCCCCCCCCCC(C)C. The van der Waals surface area contributed by atoms with E-state index in [-0.39, 0.29) is 31.1 Å². The third-order valence-electron chi connectivity index (χ3n) is 12.1. The molecule has 1 atom stereocenters. The van der Waals surface area contributed by atoms with Gasteiger partial charge in [0, 0.05) is 19.3 Å². The highest BCUT2D eigenvalue weighted by atomic mass is 16.6. The lowest BCUT2D eigenvalue weighted by Crippen LogP contribution is -2.30. The van der Waals surface area contributed by atoms with Gasteiger partial charge in [-0.05, 0) is 37.0 Å². The molecule has 0 aliphatic carbocycles. The van der Waals surface area contributed by atoms with Gasteiger partial charge in [-0.3, -0.25) is 14.4 Å². The molecular formula is C54H104O6. The highest BCUT2D eigenvalue weighted by molar-refractivity contribution is 5.71. The standard InChI is InChI=1S/C54H104O6/c1-48(2)40-34-28-22-17-13-10-8-7-9-11-15-19-25-31-37-43-52(55)58-46-51(47-59-53(56)44-38-32-27-21-24-30-36-42-50(5)6)60-54(57)45-39-33-26-20-16-12-14-18-23-29-35-41-49(3)4/h48-51H,7-47H2,1-6H3/t51-/m1/s1. The Kier molecular flexibility index (Phi) is 44.2. The van der Waals surface area contributed by atoms with Crippen LogP contribution in [0, 0.1) is 17.8 Å². The van der Waals surface area contributed by atoms with Gasteiger partial charge in [0.25, 0.3) is 0 Å². The molecule has 0 rings (SSSR count). The smallest absolute Gasteiger partial charge is 0.306 e. The Balaban J connectivity index is 4.26. The average molecular weight is 849 g/mol. The number of hydrogen-bond acceptors (Lipinski definition) is 6. The molecule has 0 saturated carbocycles. The van der Waals surface area contributed by atoms with Gasteiger partial charge in [0.05, 0.1) is 0 Å². The molecule has 6 nitrogen and oxygen atoms in total. The minimum atomic E-state index is -0.763. The monoisotopic (exact) mass is 849 g/mol. The second kappa shape index (κ2) is 45.4. The number of esters is 3. The van der Waals surface area contributed by atoms with E-state index < -0.39 is 6.10 Å². The lowest BCUT2D eigenvalue weighted by molar-refractivity contribution is -0.167. The van der Waals surface area contributed by atoms with Crippen LogP contribution in [0.25, 0.3) is 0 Å². The summed E-state index contributed by atoms with van der Waals surface area (Å²) in [6.45, 7) is 13.7. The van der Waals surface area contributed by atoms with Crippen molar-refractivity contribution in [3.05, 3.63) is 0 Å². The normalized spacial score (nSPS) is 12.2. The lowest BCUT2D eigenvalue weighted by Gasteiger charge is -2.18. The average Bonchev–Trinajstić information content (AvgIpc) is 3.20. The summed E-state index contributed by atoms with van der Waals surface area (Å²) in [6, 6.07) is 0. The van der Waals surface area contributed by atoms with Gasteiger partial charge in [-0.2, -0.15) is 0 Å². The fraction of sp³-hybridized carbons (Fsp3) is 0.944. The van der Waals surface area contributed by atoms with Crippen LogP contribution >= 0.6 is 0 Å². The summed E-state index contributed by atoms with van der Waals surface area (Å²) in [5.74, 6) is 1.60. The van der Waals surface area contributed by atoms with Crippen LogP contribution in [0.1, 0.15) is 292 Å². The summed E-state index contributed by atoms with van der Waals surface area (Å²) in [5, 5.41) is 0. The Morgan fingerprint density at radius 2 is 0.483 bits per heavy atom. The van der Waals surface area contributed by atoms with E-state index >= 15 is 0 Å². The molecule has 6 heteroatoms. The van der Waals surface area contributed by atoms with Crippen LogP contribution in [-0.4, -0.2) is 37.2 Å². The molecule has 0 N–H and O–H groups in total. The van der Waals surface area contributed by atoms with E-state index in [9.17, 15) is 14.4 Å². The van der Waals surface area contributed by atoms with Crippen molar-refractivity contribution in [1.29, 1.82) is 0 Å². The second-order valence-corrected chi connectivity index (χ2v) is 19.9. The Morgan fingerprint density at radius 1 is 0.283 bits per heavy atom. The zero-order valence-electron chi connectivity index (χ0n) is 41.3. The van der Waals surface area contributed by atoms with Gasteiger partial charge in [-0.15, -0.1) is 0 Å². The lowest BCUT2D eigenvalue weighted by atomic mass is 10.0. The molecule has 0 saturated heterocycles. The zero-order chi connectivity index (χ0) is 44.2. The molecule has 0 aliphatic heterocycles. The third kappa shape index (κ3) is 47.5. The van der Waals surface area contributed by atoms with Crippen molar-refractivity contribution in [3.63, 3.8) is 0 Å². The number of carbonyl (C=O) groups excluding carboxylic acids is 3. The minimum absolute atomic E-state index is 0.0648. The molecule has 0 radical (unpaired) electrons. The largest absolute Gasteiger partial charge is 0.462 e. The molecule has 0 heterocycles. The van der Waals surface area contributed by atoms with Crippen LogP contribution in [0.2, 0.25) is 0 Å². The van der Waals surface area contributed by atoms with Gasteiger partial charge >= 0.3 is 17.9 Å². The summed E-state index contributed by atoms with van der Waals surface area (Å²) in [6.07, 6.45) is 45.3. The maximum absolute atomic E-state index is 12.8. The molecule has 0 unspecified atom stereocenters. The number of unbranched alkanes of at least 4 members (excludes halogenated alkanes) is 30. The summed E-state index contributed by atoms with van der Waals surface area (Å²) in [5.41, 5.74) is 0. The fourth-order valence-electron chi connectivity index (χ4n) is 8.12. The van der Waals surface area contributed by atoms with Crippen LogP contribution in [0.15, 0.2) is 0 Å². The summed E-state index contributed by atoms with van der Waals surface area (Å²) in [4.78, 5) is 37.9. The van der Waals surface area contributed by atoms with E-state index in [1.165, 1.54) is 173 Å². The van der Waals surface area contributed by atoms with E-state index in [4.69, 9.17) is 14.2 Å². The zero-order valence-corrected chi connectivity index (χ0v) is 41.3. The topological polar surface area (TPSA) is 78.9 Å². The second-order valence-electron chi connectivity index (χ2n) is 19.9. The van der Waals surface area contributed by atoms with Gasteiger partial charge < -0.3 is 14.2 Å². The van der Waals surface area contributed by atoms with E-state index in [0.29, 0.717) is 19.3 Å². The van der Waals surface area contributed by atoms with Crippen LogP contribution in [0.5, 0.6) is 0 Å². The maximum Gasteiger partial charge on any atom is 0.306 e. The van der Waals surface area contributed by atoms with Crippen LogP contribution in [0.3, 0.4) is 0 Å². The molecule has 60 heavy (non-hydrogen) atoms. The van der Waals surface area contributed by atoms with Crippen molar-refractivity contribution in [3.8, 4) is 0 Å². The third-order valence-corrected chi connectivity index (χ3v) is 12.1. The van der Waals surface area contributed by atoms with Crippen molar-refractivity contribution < 1.29 is 28.6 Å². The molecule has 0 bridgehead atoms. The van der Waals surface area contributed by atoms with Gasteiger partial charge in [-0.1, -0.05) is 253 Å². The molecule has 0 spiro atoms. The highest BCUT2D eigenvalue weighted by Crippen LogP contribution is 2.18. The molecule has 0 aromatic carbocycles. The first kappa shape index (κ1) is 58.4. The first-order chi connectivity index (χ1) is 29.1. The predicted molar refractivity (Wildman–Crippen MR) is 256 cm³/mol. The Hall–Kier alpha value is -1.59. The van der Waals surface area contributed by atoms with E-state index in [1.54, 1.807) is 0 Å². The van der Waals surface area contributed by atoms with Gasteiger partial charge in [0.1, 0.15) is 13.2 Å². The minimum Gasteiger partial charge on any atom is -0.462 e. The molecule has 0 fully saturated rings. The van der Waals surface area contributed by atoms with Gasteiger partial charge in [-0.25, -0.2) is 0 Å². The number of hydrogen-bond donors (Lipinski definition) is 0. The summed E-state index contributed by atoms with van der Waals surface area (Å²) >= 11 is 0. The number of carbonyl (C=O) groups is 3. The van der Waals surface area contributed by atoms with Gasteiger partial charge in [0.15, 0.2) is 6.10 Å². The van der Waals surface area contributed by atoms with E-state index in [1.807, 2.05) is 0 Å². The van der Waals surface area contributed by atoms with Crippen LogP contribution in [-0.2, 0) is 28.6 Å². The quantitative estimate of drug-likeness (QED) is 0.0345. The Labute approximate surface area is 374 Å². The number of ether oxygens (including phenoxy) is 3. The summed E-state index contributed by atoms with van der Waals surface area (Å²) in [7, 11) is 0. The van der Waals surface area contributed by atoms with Crippen molar-refractivity contribution in [1.82, 2.24) is 0 Å². The first-order valence-corrected chi connectivity index (χ1v) is 26.6. The molecule has 0 aromatic rings. The van der Waals surface area contributed by atoms with E-state index in [0.717, 1.165) is 75.5 Å². The molecule has 0 amide bonds. The maximum atomic E-state index is 12.8. The molecule has 0 aromatic heterocycles. The van der Waals surface area contributed by atoms with Gasteiger partial charge in [0.2, 0.25) is 0 Å².